The van der Waals surface area contributed by atoms with Crippen molar-refractivity contribution >= 4 is 39.0 Å². The van der Waals surface area contributed by atoms with E-state index in [2.05, 4.69) is 243 Å². The minimum absolute atomic E-state index is 0.116. The number of para-hydroxylation sites is 1. The first-order valence-corrected chi connectivity index (χ1v) is 23.1. The molecule has 1 spiro atoms. The molecule has 0 saturated heterocycles. The minimum Gasteiger partial charge on any atom is -0.455 e. The van der Waals surface area contributed by atoms with Crippen LogP contribution in [0.25, 0.3) is 77.6 Å². The van der Waals surface area contributed by atoms with Gasteiger partial charge in [-0.25, -0.2) is 0 Å². The third-order valence-electron chi connectivity index (χ3n) is 15.1. The van der Waals surface area contributed by atoms with Crippen LogP contribution in [0, 0.1) is 0 Å². The van der Waals surface area contributed by atoms with Crippen molar-refractivity contribution in [3.05, 3.63) is 258 Å². The predicted octanol–water partition coefficient (Wildman–Crippen LogP) is 17.0. The van der Waals surface area contributed by atoms with Crippen molar-refractivity contribution in [2.45, 2.75) is 24.7 Å². The van der Waals surface area contributed by atoms with Crippen LogP contribution in [0.2, 0.25) is 0 Å². The summed E-state index contributed by atoms with van der Waals surface area (Å²) in [4.78, 5) is 2.40. The average molecular weight is 842 g/mol. The first-order chi connectivity index (χ1) is 32.5. The standard InChI is InChI=1S/C64H43NO/c1-63(2)54-23-10-6-17-47(54)50-36-35-45(39-59(50)63)65(43-31-27-41(28-32-43)40-15-4-3-5-16-40)44-33-29-42(30-34-44)46-21-14-22-51-52-37-38-58-60(62(52)66-61(46)51)53-20-9-13-26-57(53)64(58)55-24-11-7-18-48(55)49-19-8-12-25-56(49)64/h3-39H,1-2H3. The third kappa shape index (κ3) is 4.96. The molecule has 0 fully saturated rings. The Morgan fingerprint density at radius 1 is 0.318 bits per heavy atom. The zero-order valence-corrected chi connectivity index (χ0v) is 36.7. The van der Waals surface area contributed by atoms with E-state index in [0.717, 1.165) is 50.1 Å². The maximum atomic E-state index is 7.26. The van der Waals surface area contributed by atoms with Crippen LogP contribution < -0.4 is 4.90 Å². The van der Waals surface area contributed by atoms with E-state index in [1.54, 1.807) is 0 Å². The molecule has 66 heavy (non-hydrogen) atoms. The Morgan fingerprint density at radius 3 is 1.47 bits per heavy atom. The molecule has 0 atom stereocenters. The molecule has 0 N–H and O–H groups in total. The summed E-state index contributed by atoms with van der Waals surface area (Å²) in [6.07, 6.45) is 0. The molecule has 0 bridgehead atoms. The first kappa shape index (κ1) is 37.2. The lowest BCUT2D eigenvalue weighted by Crippen LogP contribution is -2.25. The molecule has 10 aromatic carbocycles. The van der Waals surface area contributed by atoms with Crippen LogP contribution >= 0.6 is 0 Å². The second kappa shape index (κ2) is 13.7. The highest BCUT2D eigenvalue weighted by Crippen LogP contribution is 2.64. The summed E-state index contributed by atoms with van der Waals surface area (Å²) < 4.78 is 7.26. The van der Waals surface area contributed by atoms with Crippen molar-refractivity contribution in [2.75, 3.05) is 4.90 Å². The van der Waals surface area contributed by atoms with Gasteiger partial charge < -0.3 is 9.32 Å². The van der Waals surface area contributed by atoms with Gasteiger partial charge in [0.15, 0.2) is 0 Å². The summed E-state index contributed by atoms with van der Waals surface area (Å²) >= 11 is 0. The lowest BCUT2D eigenvalue weighted by molar-refractivity contribution is 0.660. The van der Waals surface area contributed by atoms with E-state index in [0.29, 0.717) is 0 Å². The molecule has 0 aliphatic heterocycles. The number of nitrogens with zero attached hydrogens (tertiary/aromatic N) is 1. The number of furan rings is 1. The van der Waals surface area contributed by atoms with Gasteiger partial charge in [-0.1, -0.05) is 202 Å². The third-order valence-corrected chi connectivity index (χ3v) is 15.1. The molecular formula is C64H43NO. The Balaban J connectivity index is 0.907. The Morgan fingerprint density at radius 2 is 0.803 bits per heavy atom. The predicted molar refractivity (Wildman–Crippen MR) is 273 cm³/mol. The molecule has 0 unspecified atom stereocenters. The van der Waals surface area contributed by atoms with Gasteiger partial charge >= 0.3 is 0 Å². The highest BCUT2D eigenvalue weighted by Gasteiger charge is 2.52. The molecule has 2 heteroatoms. The average Bonchev–Trinajstić information content (AvgIpc) is 4.07. The lowest BCUT2D eigenvalue weighted by Gasteiger charge is -2.30. The van der Waals surface area contributed by atoms with Gasteiger partial charge in [0.05, 0.1) is 5.41 Å². The molecule has 0 saturated carbocycles. The maximum absolute atomic E-state index is 7.26. The molecule has 14 rings (SSSR count). The van der Waals surface area contributed by atoms with Gasteiger partial charge in [0.25, 0.3) is 0 Å². The van der Waals surface area contributed by atoms with Crippen LogP contribution in [0.3, 0.4) is 0 Å². The van der Waals surface area contributed by atoms with Crippen molar-refractivity contribution in [3.8, 4) is 55.6 Å². The number of rotatable bonds is 5. The van der Waals surface area contributed by atoms with Crippen LogP contribution in [0.1, 0.15) is 47.2 Å². The van der Waals surface area contributed by atoms with Crippen molar-refractivity contribution in [1.82, 2.24) is 0 Å². The second-order valence-corrected chi connectivity index (χ2v) is 18.7. The molecule has 0 amide bonds. The fourth-order valence-electron chi connectivity index (χ4n) is 12.2. The van der Waals surface area contributed by atoms with Crippen LogP contribution in [0.5, 0.6) is 0 Å². The number of benzene rings is 10. The van der Waals surface area contributed by atoms with E-state index >= 15 is 0 Å². The highest BCUT2D eigenvalue weighted by atomic mass is 16.3. The molecule has 1 aromatic heterocycles. The second-order valence-electron chi connectivity index (χ2n) is 18.7. The zero-order chi connectivity index (χ0) is 43.7. The Hall–Kier alpha value is -8.20. The summed E-state index contributed by atoms with van der Waals surface area (Å²) in [5.41, 5.74) is 24.9. The Labute approximate surface area is 384 Å². The van der Waals surface area contributed by atoms with Gasteiger partial charge in [0.1, 0.15) is 11.2 Å². The van der Waals surface area contributed by atoms with Crippen LogP contribution in [0.4, 0.5) is 17.1 Å². The largest absolute Gasteiger partial charge is 0.455 e. The maximum Gasteiger partial charge on any atom is 0.143 e. The first-order valence-electron chi connectivity index (χ1n) is 23.1. The Bertz CT molecular complexity index is 3730. The van der Waals surface area contributed by atoms with Crippen LogP contribution in [-0.2, 0) is 10.8 Å². The van der Waals surface area contributed by atoms with E-state index in [9.17, 15) is 0 Å². The smallest absolute Gasteiger partial charge is 0.143 e. The van der Waals surface area contributed by atoms with Gasteiger partial charge in [0, 0.05) is 44.4 Å². The van der Waals surface area contributed by atoms with Crippen molar-refractivity contribution in [3.63, 3.8) is 0 Å². The van der Waals surface area contributed by atoms with Crippen molar-refractivity contribution in [2.24, 2.45) is 0 Å². The normalized spacial score (nSPS) is 14.2. The van der Waals surface area contributed by atoms with E-state index in [-0.39, 0.29) is 5.41 Å². The highest BCUT2D eigenvalue weighted by molar-refractivity contribution is 6.15. The van der Waals surface area contributed by atoms with Gasteiger partial charge in [-0.15, -0.1) is 0 Å². The number of hydrogen-bond acceptors (Lipinski definition) is 2. The van der Waals surface area contributed by atoms with Crippen LogP contribution in [0.15, 0.2) is 229 Å². The number of fused-ring (bicyclic) bond motifs is 17. The monoisotopic (exact) mass is 841 g/mol. The van der Waals surface area contributed by atoms with Crippen molar-refractivity contribution < 1.29 is 4.42 Å². The minimum atomic E-state index is -0.419. The SMILES string of the molecule is CC1(C)c2ccccc2-c2ccc(N(c3ccc(-c4ccccc4)cc3)c3ccc(-c4cccc5c4oc4c6c(ccc45)C4(c5ccccc5-c5ccccc54)c4ccccc4-6)cc3)cc21. The molecule has 2 nitrogen and oxygen atoms in total. The molecule has 3 aliphatic rings. The zero-order valence-electron chi connectivity index (χ0n) is 36.7. The molecule has 11 aromatic rings. The van der Waals surface area contributed by atoms with E-state index < -0.39 is 5.41 Å². The quantitative estimate of drug-likeness (QED) is 0.172. The molecular weight excluding hydrogens is 799 g/mol. The van der Waals surface area contributed by atoms with Gasteiger partial charge in [-0.05, 0) is 114 Å². The Kier molecular flexibility index (Phi) is 7.70. The number of anilines is 3. The van der Waals surface area contributed by atoms with E-state index in [1.807, 2.05) is 0 Å². The summed E-state index contributed by atoms with van der Waals surface area (Å²) in [6, 6.07) is 82.8. The fourth-order valence-corrected chi connectivity index (χ4v) is 12.2. The van der Waals surface area contributed by atoms with Gasteiger partial charge in [-0.3, -0.25) is 0 Å². The molecule has 0 radical (unpaired) electrons. The summed E-state index contributed by atoms with van der Waals surface area (Å²) in [6.45, 7) is 4.71. The number of hydrogen-bond donors (Lipinski definition) is 0. The summed E-state index contributed by atoms with van der Waals surface area (Å²) in [7, 11) is 0. The lowest BCUT2D eigenvalue weighted by atomic mass is 9.70. The molecule has 3 aliphatic carbocycles. The van der Waals surface area contributed by atoms with E-state index in [4.69, 9.17) is 4.42 Å². The summed E-state index contributed by atoms with van der Waals surface area (Å²) in [5.74, 6) is 0. The van der Waals surface area contributed by atoms with E-state index in [1.165, 1.54) is 77.9 Å². The topological polar surface area (TPSA) is 16.4 Å². The summed E-state index contributed by atoms with van der Waals surface area (Å²) in [5, 5.41) is 2.27. The molecule has 1 heterocycles. The molecule has 310 valence electrons. The van der Waals surface area contributed by atoms with Crippen molar-refractivity contribution in [1.29, 1.82) is 0 Å². The van der Waals surface area contributed by atoms with Crippen LogP contribution in [-0.4, -0.2) is 0 Å². The van der Waals surface area contributed by atoms with Gasteiger partial charge in [-0.2, -0.15) is 0 Å². The fraction of sp³-hybridized carbons (Fsp3) is 0.0625. The van der Waals surface area contributed by atoms with Gasteiger partial charge in [0.2, 0.25) is 0 Å².